The summed E-state index contributed by atoms with van der Waals surface area (Å²) in [6.07, 6.45) is 1.73. The summed E-state index contributed by atoms with van der Waals surface area (Å²) in [6, 6.07) is 13.0. The fourth-order valence-electron chi connectivity index (χ4n) is 3.10. The first-order chi connectivity index (χ1) is 14.0. The van der Waals surface area contributed by atoms with Crippen molar-refractivity contribution >= 4 is 22.4 Å². The third kappa shape index (κ3) is 5.03. The monoisotopic (exact) mass is 394 g/mol. The van der Waals surface area contributed by atoms with Crippen LogP contribution >= 0.6 is 0 Å². The number of carbonyl (C=O) groups is 1. The van der Waals surface area contributed by atoms with Crippen molar-refractivity contribution in [3.8, 4) is 5.75 Å². The predicted molar refractivity (Wildman–Crippen MR) is 115 cm³/mol. The largest absolute Gasteiger partial charge is 0.483 e. The van der Waals surface area contributed by atoms with Crippen LogP contribution in [0.1, 0.15) is 18.1 Å². The Labute approximate surface area is 170 Å². The molecule has 3 aromatic rings. The molecular formula is C23H26N2O4. The van der Waals surface area contributed by atoms with E-state index in [1.807, 2.05) is 45.0 Å². The van der Waals surface area contributed by atoms with Gasteiger partial charge in [-0.1, -0.05) is 18.2 Å². The number of amides is 1. The van der Waals surface area contributed by atoms with Crippen LogP contribution in [0.4, 0.5) is 5.69 Å². The highest BCUT2D eigenvalue weighted by Crippen LogP contribution is 2.23. The van der Waals surface area contributed by atoms with E-state index in [0.29, 0.717) is 36.3 Å². The van der Waals surface area contributed by atoms with E-state index in [2.05, 4.69) is 5.32 Å². The Morgan fingerprint density at radius 2 is 1.93 bits per heavy atom. The SMILES string of the molecule is CCOCCn1ccc2c(OCC(=O)Nc3cc(C)ccc3C)cccc2c1=O. The van der Waals surface area contributed by atoms with Crippen molar-refractivity contribution < 1.29 is 14.3 Å². The number of rotatable bonds is 8. The summed E-state index contributed by atoms with van der Waals surface area (Å²) in [5.41, 5.74) is 2.73. The zero-order valence-corrected chi connectivity index (χ0v) is 17.0. The minimum atomic E-state index is -0.249. The summed E-state index contributed by atoms with van der Waals surface area (Å²) in [7, 11) is 0. The van der Waals surface area contributed by atoms with Gasteiger partial charge in [0.1, 0.15) is 5.75 Å². The van der Waals surface area contributed by atoms with Crippen molar-refractivity contribution in [2.75, 3.05) is 25.1 Å². The predicted octanol–water partition coefficient (Wildman–Crippen LogP) is 3.67. The number of fused-ring (bicyclic) bond motifs is 1. The first-order valence-corrected chi connectivity index (χ1v) is 9.69. The van der Waals surface area contributed by atoms with Crippen molar-refractivity contribution in [3.05, 3.63) is 70.1 Å². The fourth-order valence-corrected chi connectivity index (χ4v) is 3.10. The Morgan fingerprint density at radius 3 is 2.72 bits per heavy atom. The molecule has 6 heteroatoms. The minimum Gasteiger partial charge on any atom is -0.483 e. The van der Waals surface area contributed by atoms with E-state index in [1.165, 1.54) is 0 Å². The Kier molecular flexibility index (Phi) is 6.67. The number of hydrogen-bond acceptors (Lipinski definition) is 4. The second-order valence-corrected chi connectivity index (χ2v) is 6.88. The summed E-state index contributed by atoms with van der Waals surface area (Å²) in [5, 5.41) is 4.11. The van der Waals surface area contributed by atoms with E-state index in [0.717, 1.165) is 16.8 Å². The summed E-state index contributed by atoms with van der Waals surface area (Å²) >= 11 is 0. The number of pyridine rings is 1. The van der Waals surface area contributed by atoms with Crippen LogP contribution in [0.15, 0.2) is 53.5 Å². The lowest BCUT2D eigenvalue weighted by Crippen LogP contribution is -2.23. The molecule has 29 heavy (non-hydrogen) atoms. The highest BCUT2D eigenvalue weighted by Gasteiger charge is 2.10. The van der Waals surface area contributed by atoms with Crippen molar-refractivity contribution in [3.63, 3.8) is 0 Å². The minimum absolute atomic E-state index is 0.104. The third-order valence-corrected chi connectivity index (χ3v) is 4.69. The second-order valence-electron chi connectivity index (χ2n) is 6.88. The third-order valence-electron chi connectivity index (χ3n) is 4.69. The molecule has 0 aliphatic heterocycles. The molecule has 1 amide bonds. The first-order valence-electron chi connectivity index (χ1n) is 9.69. The molecule has 0 spiro atoms. The summed E-state index contributed by atoms with van der Waals surface area (Å²) in [6.45, 7) is 7.29. The number of benzene rings is 2. The Balaban J connectivity index is 1.73. The molecule has 152 valence electrons. The molecule has 0 atom stereocenters. The van der Waals surface area contributed by atoms with Gasteiger partial charge in [0.05, 0.1) is 12.0 Å². The molecule has 3 rings (SSSR count). The Bertz CT molecular complexity index is 1070. The van der Waals surface area contributed by atoms with Crippen molar-refractivity contribution in [2.45, 2.75) is 27.3 Å². The summed E-state index contributed by atoms with van der Waals surface area (Å²) < 4.78 is 12.7. The van der Waals surface area contributed by atoms with E-state index in [4.69, 9.17) is 9.47 Å². The Hall–Kier alpha value is -3.12. The van der Waals surface area contributed by atoms with Gasteiger partial charge in [0, 0.05) is 30.4 Å². The van der Waals surface area contributed by atoms with E-state index >= 15 is 0 Å². The highest BCUT2D eigenvalue weighted by atomic mass is 16.5. The van der Waals surface area contributed by atoms with Crippen molar-refractivity contribution in [1.29, 1.82) is 0 Å². The fraction of sp³-hybridized carbons (Fsp3) is 0.304. The molecule has 0 saturated heterocycles. The topological polar surface area (TPSA) is 69.6 Å². The second kappa shape index (κ2) is 9.39. The zero-order valence-electron chi connectivity index (χ0n) is 17.0. The van der Waals surface area contributed by atoms with Gasteiger partial charge in [-0.25, -0.2) is 0 Å². The number of aromatic nitrogens is 1. The molecule has 1 N–H and O–H groups in total. The van der Waals surface area contributed by atoms with Gasteiger partial charge < -0.3 is 19.4 Å². The summed E-state index contributed by atoms with van der Waals surface area (Å²) in [5.74, 6) is 0.258. The maximum atomic E-state index is 12.7. The quantitative estimate of drug-likeness (QED) is 0.592. The van der Waals surface area contributed by atoms with Crippen LogP contribution in [0.5, 0.6) is 5.75 Å². The van der Waals surface area contributed by atoms with Gasteiger partial charge in [-0.2, -0.15) is 0 Å². The van der Waals surface area contributed by atoms with Crippen molar-refractivity contribution in [2.24, 2.45) is 0 Å². The molecule has 0 fully saturated rings. The normalized spacial score (nSPS) is 10.9. The number of nitrogens with one attached hydrogen (secondary N) is 1. The number of ether oxygens (including phenoxy) is 2. The molecule has 1 heterocycles. The van der Waals surface area contributed by atoms with Gasteiger partial charge in [-0.15, -0.1) is 0 Å². The molecular weight excluding hydrogens is 368 g/mol. The van der Waals surface area contributed by atoms with Gasteiger partial charge in [-0.05, 0) is 56.2 Å². The molecule has 0 saturated carbocycles. The average Bonchev–Trinajstić information content (AvgIpc) is 2.71. The maximum Gasteiger partial charge on any atom is 0.262 e. The maximum absolute atomic E-state index is 12.7. The Morgan fingerprint density at radius 1 is 1.10 bits per heavy atom. The average molecular weight is 394 g/mol. The van der Waals surface area contributed by atoms with Gasteiger partial charge >= 0.3 is 0 Å². The first kappa shape index (κ1) is 20.6. The van der Waals surface area contributed by atoms with E-state index in [-0.39, 0.29) is 18.1 Å². The van der Waals surface area contributed by atoms with E-state index < -0.39 is 0 Å². The van der Waals surface area contributed by atoms with Gasteiger partial charge in [-0.3, -0.25) is 9.59 Å². The number of hydrogen-bond donors (Lipinski definition) is 1. The molecule has 0 aliphatic carbocycles. The van der Waals surface area contributed by atoms with E-state index in [1.54, 1.807) is 29.0 Å². The van der Waals surface area contributed by atoms with Crippen LogP contribution in [0.25, 0.3) is 10.8 Å². The zero-order chi connectivity index (χ0) is 20.8. The lowest BCUT2D eigenvalue weighted by Gasteiger charge is -2.12. The number of anilines is 1. The van der Waals surface area contributed by atoms with Crippen LogP contribution in [-0.4, -0.2) is 30.3 Å². The van der Waals surface area contributed by atoms with Gasteiger partial charge in [0.2, 0.25) is 0 Å². The molecule has 0 radical (unpaired) electrons. The highest BCUT2D eigenvalue weighted by molar-refractivity contribution is 5.93. The van der Waals surface area contributed by atoms with Crippen LogP contribution in [0.3, 0.4) is 0 Å². The van der Waals surface area contributed by atoms with E-state index in [9.17, 15) is 9.59 Å². The number of nitrogens with zero attached hydrogens (tertiary/aromatic N) is 1. The van der Waals surface area contributed by atoms with Crippen LogP contribution < -0.4 is 15.6 Å². The lowest BCUT2D eigenvalue weighted by atomic mass is 10.1. The molecule has 6 nitrogen and oxygen atoms in total. The smallest absolute Gasteiger partial charge is 0.262 e. The standard InChI is InChI=1S/C23H26N2O4/c1-4-28-13-12-25-11-10-18-19(23(25)27)6-5-7-21(18)29-15-22(26)24-20-14-16(2)8-9-17(20)3/h5-11,14H,4,12-13,15H2,1-3H3,(H,24,26). The molecule has 0 bridgehead atoms. The molecule has 1 aromatic heterocycles. The molecule has 0 unspecified atom stereocenters. The molecule has 0 aliphatic rings. The number of aryl methyl sites for hydroxylation is 2. The van der Waals surface area contributed by atoms with Crippen LogP contribution in [-0.2, 0) is 16.1 Å². The molecule has 2 aromatic carbocycles. The van der Waals surface area contributed by atoms with Crippen LogP contribution in [0.2, 0.25) is 0 Å². The lowest BCUT2D eigenvalue weighted by molar-refractivity contribution is -0.118. The van der Waals surface area contributed by atoms with Gasteiger partial charge in [0.25, 0.3) is 11.5 Å². The van der Waals surface area contributed by atoms with Gasteiger partial charge in [0.15, 0.2) is 6.61 Å². The van der Waals surface area contributed by atoms with Crippen LogP contribution in [0, 0.1) is 13.8 Å². The summed E-state index contributed by atoms with van der Waals surface area (Å²) in [4.78, 5) is 25.0. The number of carbonyl (C=O) groups excluding carboxylic acids is 1. The van der Waals surface area contributed by atoms with Crippen molar-refractivity contribution in [1.82, 2.24) is 4.57 Å².